The molecule has 0 aliphatic rings. The van der Waals surface area contributed by atoms with Crippen LogP contribution in [0.15, 0.2) is 71.6 Å². The Morgan fingerprint density at radius 3 is 2.62 bits per heavy atom. The number of aromatic nitrogens is 4. The van der Waals surface area contributed by atoms with Gasteiger partial charge in [-0.3, -0.25) is 14.3 Å². The number of hydrogen-bond acceptors (Lipinski definition) is 6. The van der Waals surface area contributed by atoms with Crippen LogP contribution in [0.1, 0.15) is 33.7 Å². The molecule has 3 heterocycles. The van der Waals surface area contributed by atoms with Crippen molar-refractivity contribution in [3.63, 3.8) is 0 Å². The zero-order valence-corrected chi connectivity index (χ0v) is 17.4. The number of aryl methyl sites for hydroxylation is 1. The summed E-state index contributed by atoms with van der Waals surface area (Å²) >= 11 is 0. The first-order chi connectivity index (χ1) is 15.6. The second kappa shape index (κ2) is 9.65. The van der Waals surface area contributed by atoms with E-state index in [2.05, 4.69) is 20.8 Å². The van der Waals surface area contributed by atoms with Gasteiger partial charge in [-0.05, 0) is 37.3 Å². The minimum Gasteiger partial charge on any atom is -0.471 e. The van der Waals surface area contributed by atoms with Crippen molar-refractivity contribution < 1.29 is 18.7 Å². The van der Waals surface area contributed by atoms with Gasteiger partial charge in [0.1, 0.15) is 11.5 Å². The molecule has 2 N–H and O–H groups in total. The predicted octanol–water partition coefficient (Wildman–Crippen LogP) is 2.91. The van der Waals surface area contributed by atoms with Crippen LogP contribution in [0, 0.1) is 0 Å². The largest absolute Gasteiger partial charge is 0.471 e. The van der Waals surface area contributed by atoms with Gasteiger partial charge in [0, 0.05) is 18.9 Å². The number of anilines is 1. The van der Waals surface area contributed by atoms with Gasteiger partial charge in [0.15, 0.2) is 18.1 Å². The summed E-state index contributed by atoms with van der Waals surface area (Å²) in [5, 5.41) is 13.9. The van der Waals surface area contributed by atoms with Crippen LogP contribution in [-0.2, 0) is 19.8 Å². The number of nitrogens with one attached hydrogen (secondary N) is 2. The monoisotopic (exact) mass is 434 g/mol. The number of furan rings is 1. The van der Waals surface area contributed by atoms with Crippen molar-refractivity contribution in [2.45, 2.75) is 26.7 Å². The van der Waals surface area contributed by atoms with Crippen molar-refractivity contribution in [3.8, 4) is 5.75 Å². The fourth-order valence-corrected chi connectivity index (χ4v) is 2.91. The molecular weight excluding hydrogens is 412 g/mol. The number of para-hydroxylation sites is 1. The molecule has 2 amide bonds. The Labute approximate surface area is 183 Å². The molecule has 10 nitrogen and oxygen atoms in total. The Bertz CT molecular complexity index is 1180. The van der Waals surface area contributed by atoms with Gasteiger partial charge >= 0.3 is 0 Å². The lowest BCUT2D eigenvalue weighted by atomic mass is 10.3. The first-order valence-electron chi connectivity index (χ1n) is 10.0. The van der Waals surface area contributed by atoms with Crippen molar-refractivity contribution >= 4 is 17.5 Å². The van der Waals surface area contributed by atoms with E-state index in [0.717, 1.165) is 0 Å². The smallest absolute Gasteiger partial charge is 0.276 e. The van der Waals surface area contributed by atoms with Gasteiger partial charge in [-0.2, -0.15) is 10.2 Å². The van der Waals surface area contributed by atoms with Crippen LogP contribution in [-0.4, -0.2) is 31.4 Å². The van der Waals surface area contributed by atoms with Crippen LogP contribution in [0.3, 0.4) is 0 Å². The van der Waals surface area contributed by atoms with E-state index in [4.69, 9.17) is 9.15 Å². The van der Waals surface area contributed by atoms with E-state index in [9.17, 15) is 9.59 Å². The number of hydrogen-bond donors (Lipinski definition) is 2. The van der Waals surface area contributed by atoms with Gasteiger partial charge in [-0.15, -0.1) is 0 Å². The molecule has 0 unspecified atom stereocenters. The van der Waals surface area contributed by atoms with E-state index in [0.29, 0.717) is 23.7 Å². The first kappa shape index (κ1) is 20.9. The SMILES string of the molecule is CCn1cc(NC(=O)c2ccn(COc3ccccc3)n2)c(C(=O)NCc2ccco2)n1. The number of carbonyl (C=O) groups excluding carboxylic acids is 2. The topological polar surface area (TPSA) is 116 Å². The van der Waals surface area contributed by atoms with Crippen LogP contribution in [0.25, 0.3) is 0 Å². The highest BCUT2D eigenvalue weighted by molar-refractivity contribution is 6.07. The summed E-state index contributed by atoms with van der Waals surface area (Å²) < 4.78 is 13.9. The number of rotatable bonds is 9. The molecule has 3 aromatic heterocycles. The molecule has 0 aliphatic carbocycles. The minimum atomic E-state index is -0.459. The molecular formula is C22H22N6O4. The van der Waals surface area contributed by atoms with Crippen molar-refractivity contribution in [3.05, 3.63) is 84.3 Å². The lowest BCUT2D eigenvalue weighted by Gasteiger charge is -2.06. The Morgan fingerprint density at radius 2 is 1.88 bits per heavy atom. The highest BCUT2D eigenvalue weighted by atomic mass is 16.5. The summed E-state index contributed by atoms with van der Waals surface area (Å²) in [5.41, 5.74) is 0.593. The van der Waals surface area contributed by atoms with Crippen LogP contribution in [0.5, 0.6) is 5.75 Å². The quantitative estimate of drug-likeness (QED) is 0.418. The third-order valence-electron chi connectivity index (χ3n) is 4.53. The van der Waals surface area contributed by atoms with Gasteiger partial charge in [0.25, 0.3) is 11.8 Å². The summed E-state index contributed by atoms with van der Waals surface area (Å²) in [4.78, 5) is 25.3. The van der Waals surface area contributed by atoms with E-state index >= 15 is 0 Å². The molecule has 4 rings (SSSR count). The predicted molar refractivity (Wildman–Crippen MR) is 115 cm³/mol. The van der Waals surface area contributed by atoms with Gasteiger partial charge in [-0.25, -0.2) is 4.68 Å². The molecule has 0 bridgehead atoms. The van der Waals surface area contributed by atoms with E-state index in [1.54, 1.807) is 35.3 Å². The van der Waals surface area contributed by atoms with E-state index < -0.39 is 11.8 Å². The number of carbonyl (C=O) groups is 2. The van der Waals surface area contributed by atoms with Crippen molar-refractivity contribution in [1.82, 2.24) is 24.9 Å². The van der Waals surface area contributed by atoms with Crippen LogP contribution >= 0.6 is 0 Å². The first-order valence-corrected chi connectivity index (χ1v) is 10.0. The number of ether oxygens (including phenoxy) is 1. The maximum atomic E-state index is 12.7. The molecule has 0 fully saturated rings. The Kier molecular flexibility index (Phi) is 6.30. The van der Waals surface area contributed by atoms with Gasteiger partial charge < -0.3 is 19.8 Å². The van der Waals surface area contributed by atoms with Crippen LogP contribution in [0.4, 0.5) is 5.69 Å². The molecule has 0 saturated carbocycles. The maximum Gasteiger partial charge on any atom is 0.276 e. The van der Waals surface area contributed by atoms with Crippen LogP contribution in [0.2, 0.25) is 0 Å². The molecule has 0 aliphatic heterocycles. The molecule has 4 aromatic rings. The summed E-state index contributed by atoms with van der Waals surface area (Å²) in [6, 6.07) is 14.4. The Balaban J connectivity index is 1.41. The maximum absolute atomic E-state index is 12.7. The molecule has 10 heteroatoms. The average Bonchev–Trinajstić information content (AvgIpc) is 3.58. The van der Waals surface area contributed by atoms with E-state index in [-0.39, 0.29) is 24.7 Å². The molecule has 1 aromatic carbocycles. The fourth-order valence-electron chi connectivity index (χ4n) is 2.91. The fraction of sp³-hybridized carbons (Fsp3) is 0.182. The summed E-state index contributed by atoms with van der Waals surface area (Å²) in [6.07, 6.45) is 4.78. The molecule has 0 saturated heterocycles. The average molecular weight is 434 g/mol. The minimum absolute atomic E-state index is 0.110. The van der Waals surface area contributed by atoms with Gasteiger partial charge in [0.05, 0.1) is 18.5 Å². The summed E-state index contributed by atoms with van der Waals surface area (Å²) in [7, 11) is 0. The standard InChI is InChI=1S/C22H22N6O4/c1-2-27-14-19(20(26-27)22(30)23-13-17-9-6-12-31-17)24-21(29)18-10-11-28(25-18)15-32-16-7-4-3-5-8-16/h3-12,14H,2,13,15H2,1H3,(H,23,30)(H,24,29). The summed E-state index contributed by atoms with van der Waals surface area (Å²) in [6.45, 7) is 2.80. The number of amides is 2. The van der Waals surface area contributed by atoms with Crippen molar-refractivity contribution in [1.29, 1.82) is 0 Å². The normalized spacial score (nSPS) is 10.7. The van der Waals surface area contributed by atoms with Crippen molar-refractivity contribution in [2.24, 2.45) is 0 Å². The van der Waals surface area contributed by atoms with E-state index in [1.165, 1.54) is 10.9 Å². The van der Waals surface area contributed by atoms with Crippen LogP contribution < -0.4 is 15.4 Å². The number of nitrogens with zero attached hydrogens (tertiary/aromatic N) is 4. The lowest BCUT2D eigenvalue weighted by molar-refractivity contribution is 0.0943. The molecule has 32 heavy (non-hydrogen) atoms. The highest BCUT2D eigenvalue weighted by Gasteiger charge is 2.20. The second-order valence-corrected chi connectivity index (χ2v) is 6.79. The third kappa shape index (κ3) is 5.04. The Hall–Kier alpha value is -4.34. The lowest BCUT2D eigenvalue weighted by Crippen LogP contribution is -2.25. The molecule has 0 radical (unpaired) electrons. The zero-order chi connectivity index (χ0) is 22.3. The zero-order valence-electron chi connectivity index (χ0n) is 17.4. The molecule has 0 spiro atoms. The van der Waals surface area contributed by atoms with Gasteiger partial charge in [-0.1, -0.05) is 18.2 Å². The highest BCUT2D eigenvalue weighted by Crippen LogP contribution is 2.16. The van der Waals surface area contributed by atoms with Gasteiger partial charge in [0.2, 0.25) is 0 Å². The number of benzene rings is 1. The molecule has 164 valence electrons. The van der Waals surface area contributed by atoms with E-state index in [1.807, 2.05) is 37.3 Å². The second-order valence-electron chi connectivity index (χ2n) is 6.79. The Morgan fingerprint density at radius 1 is 1.03 bits per heavy atom. The summed E-state index contributed by atoms with van der Waals surface area (Å²) in [5.74, 6) is 0.429. The third-order valence-corrected chi connectivity index (χ3v) is 4.53. The van der Waals surface area contributed by atoms with Crippen molar-refractivity contribution in [2.75, 3.05) is 5.32 Å². The molecule has 0 atom stereocenters.